The Bertz CT molecular complexity index is 771. The van der Waals surface area contributed by atoms with Crippen molar-refractivity contribution in [3.05, 3.63) is 35.4 Å². The molecule has 1 aliphatic rings. The molecule has 9 heteroatoms. The van der Waals surface area contributed by atoms with Crippen LogP contribution in [0.5, 0.6) is 0 Å². The molecule has 0 unspecified atom stereocenters. The van der Waals surface area contributed by atoms with Gasteiger partial charge in [-0.1, -0.05) is 12.1 Å². The Morgan fingerprint density at radius 1 is 1.07 bits per heavy atom. The SMILES string of the molecule is CC(C)(C)OC(=O)NCc1ccc(C(=O)NCCN2CCS(=O)(=O)CC2)cc1. The van der Waals surface area contributed by atoms with Crippen molar-refractivity contribution in [3.8, 4) is 0 Å². The summed E-state index contributed by atoms with van der Waals surface area (Å²) in [7, 11) is -2.89. The maximum atomic E-state index is 12.2. The maximum absolute atomic E-state index is 12.2. The summed E-state index contributed by atoms with van der Waals surface area (Å²) >= 11 is 0. The van der Waals surface area contributed by atoms with Gasteiger partial charge < -0.3 is 15.4 Å². The van der Waals surface area contributed by atoms with Gasteiger partial charge in [0.1, 0.15) is 5.60 Å². The highest BCUT2D eigenvalue weighted by atomic mass is 32.2. The zero-order valence-electron chi connectivity index (χ0n) is 16.7. The van der Waals surface area contributed by atoms with Gasteiger partial charge in [0.2, 0.25) is 0 Å². The Balaban J connectivity index is 1.72. The van der Waals surface area contributed by atoms with E-state index in [9.17, 15) is 18.0 Å². The number of benzene rings is 1. The molecular weight excluding hydrogens is 382 g/mol. The first kappa shape index (κ1) is 22.2. The number of carbonyl (C=O) groups is 2. The van der Waals surface area contributed by atoms with Gasteiger partial charge in [-0.15, -0.1) is 0 Å². The number of ether oxygens (including phenoxy) is 1. The van der Waals surface area contributed by atoms with Gasteiger partial charge in [0.05, 0.1) is 11.5 Å². The predicted octanol–water partition coefficient (Wildman–Crippen LogP) is 1.17. The molecule has 2 N–H and O–H groups in total. The number of rotatable bonds is 6. The van der Waals surface area contributed by atoms with Crippen LogP contribution in [0.2, 0.25) is 0 Å². The minimum atomic E-state index is -2.89. The third kappa shape index (κ3) is 7.85. The molecule has 0 aromatic heterocycles. The zero-order valence-corrected chi connectivity index (χ0v) is 17.5. The third-order valence-corrected chi connectivity index (χ3v) is 5.81. The van der Waals surface area contributed by atoms with Crippen molar-refractivity contribution >= 4 is 21.8 Å². The lowest BCUT2D eigenvalue weighted by molar-refractivity contribution is 0.0523. The van der Waals surface area contributed by atoms with E-state index in [1.165, 1.54) is 0 Å². The van der Waals surface area contributed by atoms with E-state index in [1.807, 2.05) is 4.90 Å². The summed E-state index contributed by atoms with van der Waals surface area (Å²) in [4.78, 5) is 25.9. The second-order valence-corrected chi connectivity index (χ2v) is 10.1. The van der Waals surface area contributed by atoms with E-state index in [-0.39, 0.29) is 17.4 Å². The molecule has 0 spiro atoms. The largest absolute Gasteiger partial charge is 0.444 e. The molecule has 28 heavy (non-hydrogen) atoms. The minimum Gasteiger partial charge on any atom is -0.444 e. The standard InChI is InChI=1S/C19H29N3O5S/c1-19(2,3)27-18(24)21-14-15-4-6-16(7-5-15)17(23)20-8-9-22-10-12-28(25,26)13-11-22/h4-7H,8-14H2,1-3H3,(H,20,23)(H,21,24). The first-order valence-corrected chi connectivity index (χ1v) is 11.1. The molecule has 0 atom stereocenters. The molecule has 1 saturated heterocycles. The van der Waals surface area contributed by atoms with Crippen LogP contribution < -0.4 is 10.6 Å². The van der Waals surface area contributed by atoms with Crippen molar-refractivity contribution in [3.63, 3.8) is 0 Å². The van der Waals surface area contributed by atoms with Crippen LogP contribution in [-0.2, 0) is 21.1 Å². The lowest BCUT2D eigenvalue weighted by Gasteiger charge is -2.26. The van der Waals surface area contributed by atoms with E-state index < -0.39 is 21.5 Å². The predicted molar refractivity (Wildman–Crippen MR) is 107 cm³/mol. The maximum Gasteiger partial charge on any atom is 0.407 e. The van der Waals surface area contributed by atoms with Crippen LogP contribution in [0, 0.1) is 0 Å². The molecule has 1 aliphatic heterocycles. The molecule has 0 saturated carbocycles. The molecular formula is C19H29N3O5S. The number of nitrogens with zero attached hydrogens (tertiary/aromatic N) is 1. The van der Waals surface area contributed by atoms with Gasteiger partial charge in [-0.2, -0.15) is 0 Å². The van der Waals surface area contributed by atoms with Crippen LogP contribution in [-0.4, -0.2) is 68.6 Å². The summed E-state index contributed by atoms with van der Waals surface area (Å²) in [5, 5.41) is 5.51. The summed E-state index contributed by atoms with van der Waals surface area (Å²) < 4.78 is 28.0. The molecule has 0 aliphatic carbocycles. The van der Waals surface area contributed by atoms with Crippen molar-refractivity contribution in [1.82, 2.24) is 15.5 Å². The van der Waals surface area contributed by atoms with Gasteiger partial charge in [0.15, 0.2) is 9.84 Å². The van der Waals surface area contributed by atoms with E-state index >= 15 is 0 Å². The second kappa shape index (κ2) is 9.38. The van der Waals surface area contributed by atoms with Crippen LogP contribution in [0.15, 0.2) is 24.3 Å². The van der Waals surface area contributed by atoms with E-state index in [0.717, 1.165) is 5.56 Å². The summed E-state index contributed by atoms with van der Waals surface area (Å²) in [6.45, 7) is 7.82. The monoisotopic (exact) mass is 411 g/mol. The highest BCUT2D eigenvalue weighted by molar-refractivity contribution is 7.91. The van der Waals surface area contributed by atoms with Crippen molar-refractivity contribution in [1.29, 1.82) is 0 Å². The van der Waals surface area contributed by atoms with E-state index in [1.54, 1.807) is 45.0 Å². The Hall–Kier alpha value is -2.13. The number of hydrogen-bond acceptors (Lipinski definition) is 6. The van der Waals surface area contributed by atoms with Crippen molar-refractivity contribution in [2.75, 3.05) is 37.7 Å². The molecule has 1 aromatic rings. The van der Waals surface area contributed by atoms with Gasteiger partial charge in [0, 0.05) is 38.3 Å². The Kier molecular flexibility index (Phi) is 7.42. The molecule has 0 radical (unpaired) electrons. The number of sulfone groups is 1. The van der Waals surface area contributed by atoms with E-state index in [2.05, 4.69) is 10.6 Å². The molecule has 156 valence electrons. The quantitative estimate of drug-likeness (QED) is 0.728. The summed E-state index contributed by atoms with van der Waals surface area (Å²) in [6.07, 6.45) is -0.486. The molecule has 2 amide bonds. The van der Waals surface area contributed by atoms with Crippen molar-refractivity contribution in [2.24, 2.45) is 0 Å². The topological polar surface area (TPSA) is 105 Å². The fraction of sp³-hybridized carbons (Fsp3) is 0.579. The van der Waals surface area contributed by atoms with Crippen LogP contribution in [0.3, 0.4) is 0 Å². The first-order valence-electron chi connectivity index (χ1n) is 9.31. The van der Waals surface area contributed by atoms with Crippen molar-refractivity contribution in [2.45, 2.75) is 32.9 Å². The molecule has 2 rings (SSSR count). The number of hydrogen-bond donors (Lipinski definition) is 2. The van der Waals surface area contributed by atoms with Gasteiger partial charge in [-0.05, 0) is 38.5 Å². The summed E-state index contributed by atoms with van der Waals surface area (Å²) in [6, 6.07) is 6.97. The van der Waals surface area contributed by atoms with Gasteiger partial charge in [0.25, 0.3) is 5.91 Å². The number of carbonyl (C=O) groups excluding carboxylic acids is 2. The van der Waals surface area contributed by atoms with Crippen LogP contribution in [0.4, 0.5) is 4.79 Å². The van der Waals surface area contributed by atoms with E-state index in [0.29, 0.717) is 38.3 Å². The van der Waals surface area contributed by atoms with Crippen LogP contribution >= 0.6 is 0 Å². The lowest BCUT2D eigenvalue weighted by atomic mass is 10.1. The minimum absolute atomic E-state index is 0.180. The lowest BCUT2D eigenvalue weighted by Crippen LogP contribution is -2.43. The fourth-order valence-electron chi connectivity index (χ4n) is 2.67. The fourth-order valence-corrected chi connectivity index (χ4v) is 3.94. The van der Waals surface area contributed by atoms with Gasteiger partial charge >= 0.3 is 6.09 Å². The Labute approximate surface area is 166 Å². The molecule has 0 bridgehead atoms. The summed E-state index contributed by atoms with van der Waals surface area (Å²) in [5.41, 5.74) is 0.841. The summed E-state index contributed by atoms with van der Waals surface area (Å²) in [5.74, 6) is 0.177. The highest BCUT2D eigenvalue weighted by Crippen LogP contribution is 2.08. The Morgan fingerprint density at radius 2 is 1.68 bits per heavy atom. The zero-order chi connectivity index (χ0) is 20.8. The van der Waals surface area contributed by atoms with Gasteiger partial charge in [-0.3, -0.25) is 9.69 Å². The molecule has 8 nitrogen and oxygen atoms in total. The molecule has 1 fully saturated rings. The smallest absolute Gasteiger partial charge is 0.407 e. The van der Waals surface area contributed by atoms with E-state index in [4.69, 9.17) is 4.74 Å². The Morgan fingerprint density at radius 3 is 2.25 bits per heavy atom. The second-order valence-electron chi connectivity index (χ2n) is 7.80. The number of nitrogens with one attached hydrogen (secondary N) is 2. The number of alkyl carbamates (subject to hydrolysis) is 1. The van der Waals surface area contributed by atoms with Crippen LogP contribution in [0.1, 0.15) is 36.7 Å². The normalized spacial score (nSPS) is 17.0. The highest BCUT2D eigenvalue weighted by Gasteiger charge is 2.21. The number of amides is 2. The van der Waals surface area contributed by atoms with Crippen molar-refractivity contribution < 1.29 is 22.7 Å². The molecule has 1 aromatic carbocycles. The third-order valence-electron chi connectivity index (χ3n) is 4.20. The molecule has 1 heterocycles. The van der Waals surface area contributed by atoms with Gasteiger partial charge in [-0.25, -0.2) is 13.2 Å². The average molecular weight is 412 g/mol. The van der Waals surface area contributed by atoms with Crippen LogP contribution in [0.25, 0.3) is 0 Å². The average Bonchev–Trinajstić information content (AvgIpc) is 2.60. The first-order chi connectivity index (χ1) is 13.0.